The molecular formula is C19H28O2. The number of benzene rings is 1. The first-order chi connectivity index (χ1) is 9.78. The molecule has 0 saturated heterocycles. The summed E-state index contributed by atoms with van der Waals surface area (Å²) in [5.74, 6) is -0.0891. The van der Waals surface area contributed by atoms with Gasteiger partial charge in [0.05, 0.1) is 5.92 Å². The third-order valence-corrected chi connectivity index (χ3v) is 4.73. The van der Waals surface area contributed by atoms with E-state index in [0.717, 1.165) is 25.7 Å². The summed E-state index contributed by atoms with van der Waals surface area (Å²) in [6.45, 7) is 8.96. The fourth-order valence-corrected chi connectivity index (χ4v) is 3.65. The minimum absolute atomic E-state index is 0.151. The summed E-state index contributed by atoms with van der Waals surface area (Å²) in [5.41, 5.74) is 2.79. The summed E-state index contributed by atoms with van der Waals surface area (Å²) in [4.78, 5) is 11.6. The maximum absolute atomic E-state index is 11.6. The molecule has 0 aliphatic heterocycles. The Kier molecular flexibility index (Phi) is 4.75. The molecule has 2 atom stereocenters. The number of hydrogen-bond acceptors (Lipinski definition) is 1. The average molecular weight is 288 g/mol. The second-order valence-electron chi connectivity index (χ2n) is 7.80. The number of carbonyl (C=O) groups is 1. The van der Waals surface area contributed by atoms with Gasteiger partial charge < -0.3 is 5.11 Å². The summed E-state index contributed by atoms with van der Waals surface area (Å²) in [5, 5.41) is 9.55. The van der Waals surface area contributed by atoms with E-state index in [1.807, 2.05) is 0 Å². The minimum Gasteiger partial charge on any atom is -0.481 e. The van der Waals surface area contributed by atoms with E-state index in [2.05, 4.69) is 52.0 Å². The van der Waals surface area contributed by atoms with Crippen LogP contribution < -0.4 is 0 Å². The first-order valence-corrected chi connectivity index (χ1v) is 8.10. The molecule has 0 spiro atoms. The molecule has 0 radical (unpaired) electrons. The van der Waals surface area contributed by atoms with E-state index < -0.39 is 5.97 Å². The number of hydrogen-bond donors (Lipinski definition) is 1. The Bertz CT molecular complexity index is 502. The Labute approximate surface area is 128 Å². The number of carboxylic acid groups (broad SMARTS) is 1. The molecule has 0 heterocycles. The highest BCUT2D eigenvalue weighted by molar-refractivity contribution is 5.71. The van der Waals surface area contributed by atoms with Crippen LogP contribution in [0.1, 0.15) is 64.0 Å². The van der Waals surface area contributed by atoms with Gasteiger partial charge in [-0.15, -0.1) is 0 Å². The zero-order chi connectivity index (χ0) is 15.6. The predicted molar refractivity (Wildman–Crippen MR) is 86.5 cm³/mol. The molecule has 1 fully saturated rings. The van der Waals surface area contributed by atoms with Crippen LogP contribution in [0.3, 0.4) is 0 Å². The normalized spacial score (nSPS) is 25.0. The van der Waals surface area contributed by atoms with Gasteiger partial charge in [0.15, 0.2) is 0 Å². The Morgan fingerprint density at radius 2 is 2.10 bits per heavy atom. The van der Waals surface area contributed by atoms with Gasteiger partial charge in [-0.25, -0.2) is 0 Å². The quantitative estimate of drug-likeness (QED) is 0.857. The highest BCUT2D eigenvalue weighted by Gasteiger charge is 2.39. The van der Waals surface area contributed by atoms with E-state index in [1.165, 1.54) is 11.1 Å². The van der Waals surface area contributed by atoms with Crippen molar-refractivity contribution in [3.63, 3.8) is 0 Å². The van der Waals surface area contributed by atoms with Crippen molar-refractivity contribution < 1.29 is 9.90 Å². The smallest absolute Gasteiger partial charge is 0.307 e. The van der Waals surface area contributed by atoms with Crippen molar-refractivity contribution >= 4 is 5.97 Å². The van der Waals surface area contributed by atoms with Crippen LogP contribution in [-0.2, 0) is 11.2 Å². The lowest BCUT2D eigenvalue weighted by atomic mass is 9.65. The molecule has 116 valence electrons. The van der Waals surface area contributed by atoms with Gasteiger partial charge in [0.1, 0.15) is 0 Å². The number of rotatable bonds is 4. The van der Waals surface area contributed by atoms with E-state index in [4.69, 9.17) is 0 Å². The molecule has 2 unspecified atom stereocenters. The maximum Gasteiger partial charge on any atom is 0.307 e. The van der Waals surface area contributed by atoms with E-state index in [9.17, 15) is 9.90 Å². The van der Waals surface area contributed by atoms with Crippen LogP contribution in [0.15, 0.2) is 24.3 Å². The molecule has 0 bridgehead atoms. The van der Waals surface area contributed by atoms with Crippen LogP contribution in [-0.4, -0.2) is 11.1 Å². The summed E-state index contributed by atoms with van der Waals surface area (Å²) >= 11 is 0. The average Bonchev–Trinajstić information content (AvgIpc) is 2.36. The van der Waals surface area contributed by atoms with E-state index in [1.54, 1.807) is 0 Å². The molecule has 1 saturated carbocycles. The monoisotopic (exact) mass is 288 g/mol. The third kappa shape index (κ3) is 4.09. The third-order valence-electron chi connectivity index (χ3n) is 4.73. The summed E-state index contributed by atoms with van der Waals surface area (Å²) in [6, 6.07) is 8.61. The molecule has 1 N–H and O–H groups in total. The van der Waals surface area contributed by atoms with Gasteiger partial charge in [0.2, 0.25) is 0 Å². The maximum atomic E-state index is 11.6. The summed E-state index contributed by atoms with van der Waals surface area (Å²) < 4.78 is 0. The number of carboxylic acids is 1. The standard InChI is InChI=1S/C19H28O2/c1-13(2)10-14-6-5-7-15(11-14)17-12-19(3,4)9-8-16(17)18(20)21/h5-7,11,13,16-17H,8-10,12H2,1-4H3,(H,20,21). The van der Waals surface area contributed by atoms with Crippen molar-refractivity contribution in [1.82, 2.24) is 0 Å². The zero-order valence-corrected chi connectivity index (χ0v) is 13.7. The Hall–Kier alpha value is -1.31. The van der Waals surface area contributed by atoms with Crippen molar-refractivity contribution in [3.05, 3.63) is 35.4 Å². The van der Waals surface area contributed by atoms with Crippen molar-refractivity contribution in [1.29, 1.82) is 0 Å². The van der Waals surface area contributed by atoms with E-state index in [-0.39, 0.29) is 17.3 Å². The molecule has 1 aromatic rings. The van der Waals surface area contributed by atoms with Gasteiger partial charge in [-0.2, -0.15) is 0 Å². The van der Waals surface area contributed by atoms with Gasteiger partial charge in [0, 0.05) is 0 Å². The molecule has 2 rings (SSSR count). The van der Waals surface area contributed by atoms with Crippen LogP contribution in [0, 0.1) is 17.3 Å². The van der Waals surface area contributed by atoms with Crippen molar-refractivity contribution in [3.8, 4) is 0 Å². The molecular weight excluding hydrogens is 260 g/mol. The van der Waals surface area contributed by atoms with E-state index >= 15 is 0 Å². The SMILES string of the molecule is CC(C)Cc1cccc(C2CC(C)(C)CCC2C(=O)O)c1. The summed E-state index contributed by atoms with van der Waals surface area (Å²) in [7, 11) is 0. The van der Waals surface area contributed by atoms with Gasteiger partial charge in [-0.05, 0) is 54.1 Å². The molecule has 1 aliphatic rings. The summed E-state index contributed by atoms with van der Waals surface area (Å²) in [6.07, 6.45) is 3.82. The molecule has 0 amide bonds. The second kappa shape index (κ2) is 6.21. The Morgan fingerprint density at radius 1 is 1.38 bits per heavy atom. The van der Waals surface area contributed by atoms with Crippen molar-refractivity contribution in [2.45, 2.75) is 59.3 Å². The Balaban J connectivity index is 2.29. The van der Waals surface area contributed by atoms with Gasteiger partial charge in [-0.3, -0.25) is 4.79 Å². The second-order valence-corrected chi connectivity index (χ2v) is 7.80. The molecule has 21 heavy (non-hydrogen) atoms. The molecule has 0 aromatic heterocycles. The van der Waals surface area contributed by atoms with Crippen LogP contribution >= 0.6 is 0 Å². The fourth-order valence-electron chi connectivity index (χ4n) is 3.65. The molecule has 2 nitrogen and oxygen atoms in total. The Morgan fingerprint density at radius 3 is 2.71 bits per heavy atom. The predicted octanol–water partition coefficient (Wildman–Crippen LogP) is 4.88. The highest BCUT2D eigenvalue weighted by Crippen LogP contribution is 2.46. The van der Waals surface area contributed by atoms with Gasteiger partial charge in [0.25, 0.3) is 0 Å². The van der Waals surface area contributed by atoms with Crippen molar-refractivity contribution in [2.24, 2.45) is 17.3 Å². The highest BCUT2D eigenvalue weighted by atomic mass is 16.4. The topological polar surface area (TPSA) is 37.3 Å². The minimum atomic E-state index is -0.634. The van der Waals surface area contributed by atoms with Gasteiger partial charge in [-0.1, -0.05) is 52.0 Å². The van der Waals surface area contributed by atoms with Crippen LogP contribution in [0.4, 0.5) is 0 Å². The molecule has 1 aromatic carbocycles. The number of aliphatic carboxylic acids is 1. The molecule has 2 heteroatoms. The van der Waals surface area contributed by atoms with E-state index in [0.29, 0.717) is 5.92 Å². The first-order valence-electron chi connectivity index (χ1n) is 8.10. The lowest BCUT2D eigenvalue weighted by molar-refractivity contribution is -0.144. The first kappa shape index (κ1) is 16.1. The van der Waals surface area contributed by atoms with Gasteiger partial charge >= 0.3 is 5.97 Å². The van der Waals surface area contributed by atoms with Crippen LogP contribution in [0.5, 0.6) is 0 Å². The lowest BCUT2D eigenvalue weighted by Crippen LogP contribution is -2.33. The molecule has 1 aliphatic carbocycles. The van der Waals surface area contributed by atoms with Crippen LogP contribution in [0.25, 0.3) is 0 Å². The fraction of sp³-hybridized carbons (Fsp3) is 0.632. The zero-order valence-electron chi connectivity index (χ0n) is 13.7. The van der Waals surface area contributed by atoms with Crippen LogP contribution in [0.2, 0.25) is 0 Å². The lowest BCUT2D eigenvalue weighted by Gasteiger charge is -2.39. The van der Waals surface area contributed by atoms with Crippen molar-refractivity contribution in [2.75, 3.05) is 0 Å². The largest absolute Gasteiger partial charge is 0.481 e.